The fourth-order valence-electron chi connectivity index (χ4n) is 1.59. The molecule has 0 aliphatic carbocycles. The second-order valence-electron chi connectivity index (χ2n) is 4.11. The van der Waals surface area contributed by atoms with Gasteiger partial charge in [0.2, 0.25) is 0 Å². The fraction of sp³-hybridized carbons (Fsp3) is 0.364. The number of aromatic nitrogens is 4. The highest BCUT2D eigenvalue weighted by Gasteiger charge is 2.14. The Labute approximate surface area is 98.5 Å². The zero-order valence-corrected chi connectivity index (χ0v) is 9.98. The summed E-state index contributed by atoms with van der Waals surface area (Å²) in [6.45, 7) is 5.60. The lowest BCUT2D eigenvalue weighted by atomic mass is 10.3. The van der Waals surface area contributed by atoms with E-state index in [4.69, 9.17) is 5.73 Å². The summed E-state index contributed by atoms with van der Waals surface area (Å²) in [7, 11) is 0. The molecule has 0 saturated carbocycles. The van der Waals surface area contributed by atoms with E-state index in [2.05, 4.69) is 15.0 Å². The molecule has 17 heavy (non-hydrogen) atoms. The Bertz CT molecular complexity index is 524. The minimum absolute atomic E-state index is 0.135. The number of nitrogens with zero attached hydrogens (tertiary/aromatic N) is 4. The predicted octanol–water partition coefficient (Wildman–Crippen LogP) is 1.95. The second kappa shape index (κ2) is 4.12. The summed E-state index contributed by atoms with van der Waals surface area (Å²) in [5, 5.41) is 0. The Hall–Kier alpha value is -1.98. The molecule has 0 amide bonds. The molecule has 2 aromatic rings. The van der Waals surface area contributed by atoms with Crippen LogP contribution in [0.3, 0.4) is 0 Å². The van der Waals surface area contributed by atoms with Crippen molar-refractivity contribution in [1.82, 2.24) is 19.5 Å². The van der Waals surface area contributed by atoms with E-state index in [1.165, 1.54) is 0 Å². The van der Waals surface area contributed by atoms with Crippen LogP contribution < -0.4 is 5.73 Å². The Morgan fingerprint density at radius 1 is 1.35 bits per heavy atom. The first-order valence-corrected chi connectivity index (χ1v) is 5.32. The lowest BCUT2D eigenvalue weighted by Crippen LogP contribution is -2.07. The molecular weight excluding hydrogens is 221 g/mol. The van der Waals surface area contributed by atoms with Crippen molar-refractivity contribution in [2.45, 2.75) is 26.8 Å². The lowest BCUT2D eigenvalue weighted by Gasteiger charge is -2.11. The zero-order valence-electron chi connectivity index (χ0n) is 9.98. The molecule has 2 heterocycles. The maximum Gasteiger partial charge on any atom is 0.186 e. The number of rotatable bonds is 2. The smallest absolute Gasteiger partial charge is 0.186 e. The summed E-state index contributed by atoms with van der Waals surface area (Å²) in [4.78, 5) is 12.1. The molecule has 0 aliphatic rings. The van der Waals surface area contributed by atoms with Gasteiger partial charge >= 0.3 is 0 Å². The van der Waals surface area contributed by atoms with Crippen LogP contribution in [0.2, 0.25) is 0 Å². The lowest BCUT2D eigenvalue weighted by molar-refractivity contribution is 0.596. The van der Waals surface area contributed by atoms with Crippen LogP contribution in [0.5, 0.6) is 0 Å². The van der Waals surface area contributed by atoms with Gasteiger partial charge in [0.05, 0.1) is 18.2 Å². The maximum atomic E-state index is 13.3. The van der Waals surface area contributed by atoms with Gasteiger partial charge in [0, 0.05) is 6.04 Å². The highest BCUT2D eigenvalue weighted by atomic mass is 19.1. The number of nitrogens with two attached hydrogens (primary N) is 1. The van der Waals surface area contributed by atoms with E-state index in [-0.39, 0.29) is 17.6 Å². The average molecular weight is 235 g/mol. The number of halogens is 1. The van der Waals surface area contributed by atoms with E-state index >= 15 is 0 Å². The van der Waals surface area contributed by atoms with Crippen molar-refractivity contribution in [3.8, 4) is 11.5 Å². The molecule has 0 unspecified atom stereocenters. The third-order valence-corrected chi connectivity index (χ3v) is 2.49. The molecule has 90 valence electrons. The Morgan fingerprint density at radius 3 is 2.65 bits per heavy atom. The average Bonchev–Trinajstić information content (AvgIpc) is 2.74. The maximum absolute atomic E-state index is 13.3. The van der Waals surface area contributed by atoms with Gasteiger partial charge in [-0.3, -0.25) is 0 Å². The Balaban J connectivity index is 2.57. The van der Waals surface area contributed by atoms with E-state index in [0.717, 1.165) is 5.69 Å². The standard InChI is InChI=1S/C11H14FN5/c1-6(2)17-5-14-4-8(17)11-15-7(3)9(12)10(13)16-11/h4-6H,1-3H3,(H2,13,15,16). The van der Waals surface area contributed by atoms with Gasteiger partial charge in [0.25, 0.3) is 0 Å². The van der Waals surface area contributed by atoms with Crippen molar-refractivity contribution in [1.29, 1.82) is 0 Å². The van der Waals surface area contributed by atoms with Crippen LogP contribution in [-0.4, -0.2) is 19.5 Å². The van der Waals surface area contributed by atoms with Crippen LogP contribution in [0.4, 0.5) is 10.2 Å². The summed E-state index contributed by atoms with van der Waals surface area (Å²) in [6, 6.07) is 0.225. The molecule has 6 heteroatoms. The molecule has 0 aromatic carbocycles. The molecule has 2 rings (SSSR count). The summed E-state index contributed by atoms with van der Waals surface area (Å²) in [6.07, 6.45) is 3.34. The van der Waals surface area contributed by atoms with Gasteiger partial charge in [-0.15, -0.1) is 0 Å². The first-order chi connectivity index (χ1) is 8.00. The van der Waals surface area contributed by atoms with Gasteiger partial charge in [-0.1, -0.05) is 0 Å². The molecule has 0 radical (unpaired) electrons. The summed E-state index contributed by atoms with van der Waals surface area (Å²) >= 11 is 0. The summed E-state index contributed by atoms with van der Waals surface area (Å²) < 4.78 is 15.2. The molecule has 0 bridgehead atoms. The van der Waals surface area contributed by atoms with Gasteiger partial charge in [0.1, 0.15) is 5.69 Å². The van der Waals surface area contributed by atoms with Crippen LogP contribution in [0.15, 0.2) is 12.5 Å². The highest BCUT2D eigenvalue weighted by Crippen LogP contribution is 2.21. The molecule has 0 spiro atoms. The molecule has 0 fully saturated rings. The molecule has 0 atom stereocenters. The Kier molecular flexibility index (Phi) is 2.79. The third-order valence-electron chi connectivity index (χ3n) is 2.49. The number of imidazole rings is 1. The molecule has 5 nitrogen and oxygen atoms in total. The monoisotopic (exact) mass is 235 g/mol. The van der Waals surface area contributed by atoms with Crippen LogP contribution in [0.25, 0.3) is 11.5 Å². The minimum atomic E-state index is -0.565. The van der Waals surface area contributed by atoms with E-state index in [9.17, 15) is 4.39 Å². The van der Waals surface area contributed by atoms with Crippen molar-refractivity contribution in [3.05, 3.63) is 24.0 Å². The number of nitrogen functional groups attached to an aromatic ring is 1. The van der Waals surface area contributed by atoms with E-state index in [0.29, 0.717) is 5.82 Å². The molecule has 0 aliphatic heterocycles. The second-order valence-corrected chi connectivity index (χ2v) is 4.11. The minimum Gasteiger partial charge on any atom is -0.381 e. The van der Waals surface area contributed by atoms with Gasteiger partial charge < -0.3 is 10.3 Å². The Morgan fingerprint density at radius 2 is 2.06 bits per heavy atom. The van der Waals surface area contributed by atoms with E-state index in [1.54, 1.807) is 19.4 Å². The van der Waals surface area contributed by atoms with E-state index < -0.39 is 5.82 Å². The van der Waals surface area contributed by atoms with Gasteiger partial charge in [0.15, 0.2) is 17.5 Å². The number of anilines is 1. The first-order valence-electron chi connectivity index (χ1n) is 5.32. The van der Waals surface area contributed by atoms with Crippen molar-refractivity contribution in [3.63, 3.8) is 0 Å². The van der Waals surface area contributed by atoms with Gasteiger partial charge in [-0.05, 0) is 20.8 Å². The summed E-state index contributed by atoms with van der Waals surface area (Å²) in [5.41, 5.74) is 6.47. The largest absolute Gasteiger partial charge is 0.381 e. The van der Waals surface area contributed by atoms with E-state index in [1.807, 2.05) is 18.4 Å². The first kappa shape index (κ1) is 11.5. The topological polar surface area (TPSA) is 69.6 Å². The summed E-state index contributed by atoms with van der Waals surface area (Å²) in [5.74, 6) is -0.305. The van der Waals surface area contributed by atoms with Gasteiger partial charge in [-0.2, -0.15) is 0 Å². The SMILES string of the molecule is Cc1nc(-c2cncn2C(C)C)nc(N)c1F. The quantitative estimate of drug-likeness (QED) is 0.863. The number of hydrogen-bond acceptors (Lipinski definition) is 4. The molecule has 0 saturated heterocycles. The number of aryl methyl sites for hydroxylation is 1. The van der Waals surface area contributed by atoms with Crippen molar-refractivity contribution >= 4 is 5.82 Å². The molecule has 2 aromatic heterocycles. The van der Waals surface area contributed by atoms with Crippen LogP contribution in [-0.2, 0) is 0 Å². The van der Waals surface area contributed by atoms with Crippen molar-refractivity contribution in [2.24, 2.45) is 0 Å². The normalized spacial score (nSPS) is 11.1. The zero-order chi connectivity index (χ0) is 12.6. The fourth-order valence-corrected chi connectivity index (χ4v) is 1.59. The van der Waals surface area contributed by atoms with Crippen molar-refractivity contribution < 1.29 is 4.39 Å². The van der Waals surface area contributed by atoms with Gasteiger partial charge in [-0.25, -0.2) is 19.3 Å². The van der Waals surface area contributed by atoms with Crippen LogP contribution in [0.1, 0.15) is 25.6 Å². The van der Waals surface area contributed by atoms with Crippen LogP contribution in [0, 0.1) is 12.7 Å². The predicted molar refractivity (Wildman–Crippen MR) is 62.7 cm³/mol. The molecule has 2 N–H and O–H groups in total. The number of hydrogen-bond donors (Lipinski definition) is 1. The highest BCUT2D eigenvalue weighted by molar-refractivity contribution is 5.52. The van der Waals surface area contributed by atoms with Crippen molar-refractivity contribution in [2.75, 3.05) is 5.73 Å². The van der Waals surface area contributed by atoms with Crippen LogP contribution >= 0.6 is 0 Å². The molecular formula is C11H14FN5. The third kappa shape index (κ3) is 1.98.